The highest BCUT2D eigenvalue weighted by molar-refractivity contribution is 5.84. The fraction of sp³-hybridized carbons (Fsp3) is 0.250. The molecule has 22 heavy (non-hydrogen) atoms. The molecule has 2 aromatic carbocycles. The summed E-state index contributed by atoms with van der Waals surface area (Å²) in [6.45, 7) is 8.52. The lowest BCUT2D eigenvalue weighted by atomic mass is 9.88. The topological polar surface area (TPSA) is 35.8 Å². The van der Waals surface area contributed by atoms with Crippen molar-refractivity contribution in [3.63, 3.8) is 0 Å². The SMILES string of the molecule is CC1=CC(C)(C)Nc2ccc(-c3cccc(C#N)c3C)cc21. The van der Waals surface area contributed by atoms with Crippen molar-refractivity contribution in [2.24, 2.45) is 0 Å². The van der Waals surface area contributed by atoms with E-state index in [1.54, 1.807) is 0 Å². The summed E-state index contributed by atoms with van der Waals surface area (Å²) in [5.74, 6) is 0. The van der Waals surface area contributed by atoms with Crippen LogP contribution in [0.5, 0.6) is 0 Å². The van der Waals surface area contributed by atoms with Gasteiger partial charge in [0.15, 0.2) is 0 Å². The summed E-state index contributed by atoms with van der Waals surface area (Å²) in [5, 5.41) is 12.8. The van der Waals surface area contributed by atoms with E-state index in [0.29, 0.717) is 0 Å². The van der Waals surface area contributed by atoms with Gasteiger partial charge in [-0.3, -0.25) is 0 Å². The standard InChI is InChI=1S/C20H20N2/c1-13-11-20(3,4)22-19-9-8-15(10-18(13)19)17-7-5-6-16(12-21)14(17)2/h5-11,22H,1-4H3. The average molecular weight is 288 g/mol. The molecule has 1 heterocycles. The number of hydrogen-bond acceptors (Lipinski definition) is 2. The molecule has 0 amide bonds. The predicted molar refractivity (Wildman–Crippen MR) is 92.7 cm³/mol. The van der Waals surface area contributed by atoms with Gasteiger partial charge in [-0.2, -0.15) is 5.26 Å². The molecular formula is C20H20N2. The van der Waals surface area contributed by atoms with Gasteiger partial charge in [-0.25, -0.2) is 0 Å². The fourth-order valence-electron chi connectivity index (χ4n) is 3.22. The Balaban J connectivity index is 2.14. The van der Waals surface area contributed by atoms with Crippen molar-refractivity contribution in [1.82, 2.24) is 0 Å². The maximum atomic E-state index is 9.21. The van der Waals surface area contributed by atoms with Gasteiger partial charge in [0.2, 0.25) is 0 Å². The number of rotatable bonds is 1. The van der Waals surface area contributed by atoms with Crippen molar-refractivity contribution < 1.29 is 0 Å². The van der Waals surface area contributed by atoms with Crippen molar-refractivity contribution in [3.05, 3.63) is 59.2 Å². The van der Waals surface area contributed by atoms with Gasteiger partial charge in [0.1, 0.15) is 0 Å². The minimum absolute atomic E-state index is 0.0186. The van der Waals surface area contributed by atoms with Gasteiger partial charge < -0.3 is 5.32 Å². The molecule has 0 saturated carbocycles. The van der Waals surface area contributed by atoms with Crippen molar-refractivity contribution in [3.8, 4) is 17.2 Å². The Morgan fingerprint density at radius 2 is 1.82 bits per heavy atom. The van der Waals surface area contributed by atoms with Gasteiger partial charge in [-0.1, -0.05) is 24.3 Å². The molecule has 3 rings (SSSR count). The Hall–Kier alpha value is -2.53. The van der Waals surface area contributed by atoms with Crippen molar-refractivity contribution in [1.29, 1.82) is 5.26 Å². The molecule has 0 fully saturated rings. The summed E-state index contributed by atoms with van der Waals surface area (Å²) in [5.41, 5.74) is 7.73. The summed E-state index contributed by atoms with van der Waals surface area (Å²) < 4.78 is 0. The number of nitriles is 1. The van der Waals surface area contributed by atoms with Crippen LogP contribution in [-0.4, -0.2) is 5.54 Å². The van der Waals surface area contributed by atoms with Crippen molar-refractivity contribution in [2.75, 3.05) is 5.32 Å². The third kappa shape index (κ3) is 2.40. The molecule has 1 N–H and O–H groups in total. The normalized spacial score (nSPS) is 15.3. The third-order valence-corrected chi connectivity index (χ3v) is 4.24. The zero-order chi connectivity index (χ0) is 15.9. The summed E-state index contributed by atoms with van der Waals surface area (Å²) in [6.07, 6.45) is 2.26. The second-order valence-electron chi connectivity index (χ2n) is 6.52. The zero-order valence-electron chi connectivity index (χ0n) is 13.5. The highest BCUT2D eigenvalue weighted by atomic mass is 15.0. The molecule has 0 saturated heterocycles. The van der Waals surface area contributed by atoms with Crippen LogP contribution in [0.15, 0.2) is 42.5 Å². The lowest BCUT2D eigenvalue weighted by Crippen LogP contribution is -2.31. The number of anilines is 1. The number of nitrogens with zero attached hydrogens (tertiary/aromatic N) is 1. The van der Waals surface area contributed by atoms with Gasteiger partial charge in [0.05, 0.1) is 17.2 Å². The first-order valence-electron chi connectivity index (χ1n) is 7.53. The predicted octanol–water partition coefficient (Wildman–Crippen LogP) is 5.14. The minimum atomic E-state index is -0.0186. The Morgan fingerprint density at radius 3 is 2.55 bits per heavy atom. The van der Waals surface area contributed by atoms with Crippen LogP contribution < -0.4 is 5.32 Å². The van der Waals surface area contributed by atoms with Crippen LogP contribution in [0.1, 0.15) is 37.5 Å². The Bertz CT molecular complexity index is 820. The molecule has 0 spiro atoms. The van der Waals surface area contributed by atoms with Crippen LogP contribution >= 0.6 is 0 Å². The number of nitrogens with one attached hydrogen (secondary N) is 1. The Kier molecular flexibility index (Phi) is 3.30. The summed E-state index contributed by atoms with van der Waals surface area (Å²) >= 11 is 0. The molecule has 110 valence electrons. The number of fused-ring (bicyclic) bond motifs is 1. The van der Waals surface area contributed by atoms with Gasteiger partial charge in [0.25, 0.3) is 0 Å². The van der Waals surface area contributed by atoms with E-state index < -0.39 is 0 Å². The summed E-state index contributed by atoms with van der Waals surface area (Å²) in [4.78, 5) is 0. The first-order valence-corrected chi connectivity index (χ1v) is 7.53. The molecule has 2 nitrogen and oxygen atoms in total. The lowest BCUT2D eigenvalue weighted by Gasteiger charge is -2.31. The van der Waals surface area contributed by atoms with Crippen LogP contribution in [0.4, 0.5) is 5.69 Å². The van der Waals surface area contributed by atoms with E-state index >= 15 is 0 Å². The average Bonchev–Trinajstić information content (AvgIpc) is 2.46. The molecule has 0 bridgehead atoms. The van der Waals surface area contributed by atoms with E-state index in [1.807, 2.05) is 19.1 Å². The molecule has 0 unspecified atom stereocenters. The van der Waals surface area contributed by atoms with Gasteiger partial charge in [0, 0.05) is 11.3 Å². The maximum absolute atomic E-state index is 9.21. The third-order valence-electron chi connectivity index (χ3n) is 4.24. The lowest BCUT2D eigenvalue weighted by molar-refractivity contribution is 0.707. The maximum Gasteiger partial charge on any atom is 0.0994 e. The zero-order valence-corrected chi connectivity index (χ0v) is 13.5. The molecule has 0 aromatic heterocycles. The molecule has 0 atom stereocenters. The second-order valence-corrected chi connectivity index (χ2v) is 6.52. The molecule has 2 aromatic rings. The second kappa shape index (κ2) is 5.03. The highest BCUT2D eigenvalue weighted by Gasteiger charge is 2.22. The highest BCUT2D eigenvalue weighted by Crippen LogP contribution is 2.37. The smallest absolute Gasteiger partial charge is 0.0994 e. The van der Waals surface area contributed by atoms with E-state index in [9.17, 15) is 5.26 Å². The summed E-state index contributed by atoms with van der Waals surface area (Å²) in [6, 6.07) is 14.6. The number of hydrogen-bond donors (Lipinski definition) is 1. The number of benzene rings is 2. The van der Waals surface area contributed by atoms with Crippen molar-refractivity contribution >= 4 is 11.3 Å². The van der Waals surface area contributed by atoms with E-state index in [2.05, 4.69) is 62.5 Å². The van der Waals surface area contributed by atoms with Crippen molar-refractivity contribution in [2.45, 2.75) is 33.2 Å². The van der Waals surface area contributed by atoms with E-state index in [-0.39, 0.29) is 5.54 Å². The van der Waals surface area contributed by atoms with Crippen LogP contribution in [0.3, 0.4) is 0 Å². The molecular weight excluding hydrogens is 268 g/mol. The van der Waals surface area contributed by atoms with Crippen LogP contribution in [0, 0.1) is 18.3 Å². The quantitative estimate of drug-likeness (QED) is 0.788. The van der Waals surface area contributed by atoms with Gasteiger partial charge in [-0.05, 0) is 68.2 Å². The number of allylic oxidation sites excluding steroid dienone is 1. The molecule has 1 aliphatic heterocycles. The molecule has 0 aliphatic carbocycles. The van der Waals surface area contributed by atoms with Gasteiger partial charge in [-0.15, -0.1) is 0 Å². The Morgan fingerprint density at radius 1 is 1.05 bits per heavy atom. The first-order chi connectivity index (χ1) is 10.4. The van der Waals surface area contributed by atoms with Crippen LogP contribution in [0.2, 0.25) is 0 Å². The molecule has 0 radical (unpaired) electrons. The van der Waals surface area contributed by atoms with Crippen LogP contribution in [0.25, 0.3) is 16.7 Å². The minimum Gasteiger partial charge on any atom is -0.376 e. The monoisotopic (exact) mass is 288 g/mol. The van der Waals surface area contributed by atoms with Crippen LogP contribution in [-0.2, 0) is 0 Å². The first kappa shape index (κ1) is 14.4. The van der Waals surface area contributed by atoms with E-state index in [0.717, 1.165) is 22.3 Å². The largest absolute Gasteiger partial charge is 0.376 e. The van der Waals surface area contributed by atoms with Gasteiger partial charge >= 0.3 is 0 Å². The summed E-state index contributed by atoms with van der Waals surface area (Å²) in [7, 11) is 0. The fourth-order valence-corrected chi connectivity index (χ4v) is 3.22. The molecule has 2 heteroatoms. The molecule has 1 aliphatic rings. The van der Waals surface area contributed by atoms with E-state index in [4.69, 9.17) is 0 Å². The van der Waals surface area contributed by atoms with E-state index in [1.165, 1.54) is 16.8 Å². The Labute approximate surface area is 132 Å².